The smallest absolute Gasteiger partial charge is 0.262 e. The molecule has 78 valence electrons. The molecule has 0 radical (unpaired) electrons. The Kier molecular flexibility index (Phi) is 2.72. The lowest BCUT2D eigenvalue weighted by Gasteiger charge is -2.02. The number of hydrogen-bond acceptors (Lipinski definition) is 3. The number of rotatable bonds is 3. The third-order valence-electron chi connectivity index (χ3n) is 2.17. The van der Waals surface area contributed by atoms with Gasteiger partial charge in [0.15, 0.2) is 0 Å². The van der Waals surface area contributed by atoms with E-state index in [9.17, 15) is 0 Å². The monoisotopic (exact) mass is 203 g/mol. The van der Waals surface area contributed by atoms with Crippen LogP contribution in [0, 0.1) is 6.92 Å². The highest BCUT2D eigenvalue weighted by Crippen LogP contribution is 2.32. The Labute approximate surface area is 88.7 Å². The van der Waals surface area contributed by atoms with Gasteiger partial charge in [-0.3, -0.25) is 0 Å². The first kappa shape index (κ1) is 9.77. The Morgan fingerprint density at radius 1 is 1.27 bits per heavy atom. The van der Waals surface area contributed by atoms with Crippen LogP contribution in [-0.2, 0) is 0 Å². The normalized spacial score (nSPS) is 10.3. The molecule has 0 amide bonds. The summed E-state index contributed by atoms with van der Waals surface area (Å²) in [6.45, 7) is 4.41. The molecule has 0 saturated heterocycles. The fraction of sp³-hybridized carbons (Fsp3) is 0.250. The van der Waals surface area contributed by atoms with Crippen LogP contribution in [-0.4, -0.2) is 11.8 Å². The molecule has 1 aromatic carbocycles. The van der Waals surface area contributed by atoms with Crippen molar-refractivity contribution in [2.75, 3.05) is 6.61 Å². The summed E-state index contributed by atoms with van der Waals surface area (Å²) < 4.78 is 10.5. The van der Waals surface area contributed by atoms with Crippen LogP contribution in [0.15, 0.2) is 34.9 Å². The molecule has 0 unspecified atom stereocenters. The fourth-order valence-electron chi connectivity index (χ4n) is 1.52. The van der Waals surface area contributed by atoms with Crippen LogP contribution < -0.4 is 4.74 Å². The van der Waals surface area contributed by atoms with Crippen molar-refractivity contribution in [1.82, 2.24) is 5.16 Å². The molecular formula is C12H13NO2. The molecule has 0 spiro atoms. The second-order valence-electron chi connectivity index (χ2n) is 3.22. The highest BCUT2D eigenvalue weighted by atomic mass is 16.5. The lowest BCUT2D eigenvalue weighted by atomic mass is 10.1. The van der Waals surface area contributed by atoms with Crippen LogP contribution in [0.5, 0.6) is 5.88 Å². The molecule has 0 saturated carbocycles. The molecule has 0 aliphatic rings. The quantitative estimate of drug-likeness (QED) is 0.769. The first-order chi connectivity index (χ1) is 7.33. The van der Waals surface area contributed by atoms with Gasteiger partial charge in [-0.2, -0.15) is 0 Å². The van der Waals surface area contributed by atoms with Crippen molar-refractivity contribution in [2.45, 2.75) is 13.8 Å². The molecule has 3 heteroatoms. The third kappa shape index (κ3) is 1.86. The van der Waals surface area contributed by atoms with Gasteiger partial charge in [-0.1, -0.05) is 30.3 Å². The number of hydrogen-bond donors (Lipinski definition) is 0. The standard InChI is InChI=1S/C12H13NO2/c1-3-14-12-11(9(2)15-13-12)10-7-5-4-6-8-10/h4-8H,3H2,1-2H3. The topological polar surface area (TPSA) is 35.3 Å². The summed E-state index contributed by atoms with van der Waals surface area (Å²) in [6, 6.07) is 9.98. The van der Waals surface area contributed by atoms with Crippen LogP contribution in [0.3, 0.4) is 0 Å². The zero-order chi connectivity index (χ0) is 10.7. The summed E-state index contributed by atoms with van der Waals surface area (Å²) in [7, 11) is 0. The van der Waals surface area contributed by atoms with Gasteiger partial charge in [-0.25, -0.2) is 0 Å². The number of benzene rings is 1. The van der Waals surface area contributed by atoms with E-state index in [2.05, 4.69) is 5.16 Å². The van der Waals surface area contributed by atoms with Crippen LogP contribution >= 0.6 is 0 Å². The summed E-state index contributed by atoms with van der Waals surface area (Å²) in [5.41, 5.74) is 2.01. The Balaban J connectivity index is 2.47. The molecule has 0 fully saturated rings. The maximum absolute atomic E-state index is 5.41. The van der Waals surface area contributed by atoms with Crippen LogP contribution in [0.4, 0.5) is 0 Å². The van der Waals surface area contributed by atoms with Gasteiger partial charge in [0.25, 0.3) is 5.88 Å². The highest BCUT2D eigenvalue weighted by Gasteiger charge is 2.15. The number of nitrogens with zero attached hydrogens (tertiary/aromatic N) is 1. The Bertz CT molecular complexity index is 434. The van der Waals surface area contributed by atoms with Crippen LogP contribution in [0.1, 0.15) is 12.7 Å². The van der Waals surface area contributed by atoms with E-state index in [1.165, 1.54) is 0 Å². The Morgan fingerprint density at radius 2 is 2.00 bits per heavy atom. The summed E-state index contributed by atoms with van der Waals surface area (Å²) in [6.07, 6.45) is 0. The van der Waals surface area contributed by atoms with Crippen molar-refractivity contribution in [3.05, 3.63) is 36.1 Å². The molecule has 2 rings (SSSR count). The van der Waals surface area contributed by atoms with Gasteiger partial charge in [0, 0.05) is 0 Å². The van der Waals surface area contributed by atoms with E-state index < -0.39 is 0 Å². The average Bonchev–Trinajstić information content (AvgIpc) is 2.62. The van der Waals surface area contributed by atoms with E-state index in [4.69, 9.17) is 9.26 Å². The van der Waals surface area contributed by atoms with Crippen LogP contribution in [0.25, 0.3) is 11.1 Å². The molecule has 0 aliphatic heterocycles. The zero-order valence-electron chi connectivity index (χ0n) is 8.86. The van der Waals surface area contributed by atoms with Crippen molar-refractivity contribution in [3.63, 3.8) is 0 Å². The molecule has 3 nitrogen and oxygen atoms in total. The minimum atomic E-state index is 0.571. The first-order valence-electron chi connectivity index (χ1n) is 4.97. The van der Waals surface area contributed by atoms with E-state index in [0.29, 0.717) is 12.5 Å². The first-order valence-corrected chi connectivity index (χ1v) is 4.97. The van der Waals surface area contributed by atoms with Gasteiger partial charge in [-0.05, 0) is 24.6 Å². The van der Waals surface area contributed by atoms with E-state index in [1.807, 2.05) is 44.2 Å². The number of aromatic nitrogens is 1. The second kappa shape index (κ2) is 4.17. The van der Waals surface area contributed by atoms with Gasteiger partial charge in [-0.15, -0.1) is 0 Å². The van der Waals surface area contributed by atoms with E-state index in [1.54, 1.807) is 0 Å². The molecule has 0 bridgehead atoms. The van der Waals surface area contributed by atoms with Crippen molar-refractivity contribution in [1.29, 1.82) is 0 Å². The van der Waals surface area contributed by atoms with Crippen LogP contribution in [0.2, 0.25) is 0 Å². The average molecular weight is 203 g/mol. The van der Waals surface area contributed by atoms with E-state index in [0.717, 1.165) is 16.9 Å². The zero-order valence-corrected chi connectivity index (χ0v) is 8.86. The van der Waals surface area contributed by atoms with Gasteiger partial charge in [0.2, 0.25) is 0 Å². The summed E-state index contributed by atoms with van der Waals surface area (Å²) >= 11 is 0. The minimum absolute atomic E-state index is 0.571. The maximum Gasteiger partial charge on any atom is 0.262 e. The fourth-order valence-corrected chi connectivity index (χ4v) is 1.52. The molecule has 0 N–H and O–H groups in total. The lowest BCUT2D eigenvalue weighted by Crippen LogP contribution is -1.93. The Hall–Kier alpha value is -1.77. The molecule has 15 heavy (non-hydrogen) atoms. The van der Waals surface area contributed by atoms with Crippen molar-refractivity contribution in [2.24, 2.45) is 0 Å². The molecule has 1 aromatic heterocycles. The number of ether oxygens (including phenoxy) is 1. The van der Waals surface area contributed by atoms with Gasteiger partial charge >= 0.3 is 0 Å². The van der Waals surface area contributed by atoms with Gasteiger partial charge in [0.1, 0.15) is 5.76 Å². The maximum atomic E-state index is 5.41. The third-order valence-corrected chi connectivity index (χ3v) is 2.17. The molecule has 0 atom stereocenters. The minimum Gasteiger partial charge on any atom is -0.475 e. The SMILES string of the molecule is CCOc1noc(C)c1-c1ccccc1. The molecule has 0 aliphatic carbocycles. The summed E-state index contributed by atoms with van der Waals surface area (Å²) in [5.74, 6) is 1.35. The summed E-state index contributed by atoms with van der Waals surface area (Å²) in [4.78, 5) is 0. The van der Waals surface area contributed by atoms with Crippen molar-refractivity contribution < 1.29 is 9.26 Å². The summed E-state index contributed by atoms with van der Waals surface area (Å²) in [5, 5.41) is 3.88. The second-order valence-corrected chi connectivity index (χ2v) is 3.22. The van der Waals surface area contributed by atoms with Crippen molar-refractivity contribution >= 4 is 0 Å². The predicted octanol–water partition coefficient (Wildman–Crippen LogP) is 3.05. The largest absolute Gasteiger partial charge is 0.475 e. The van der Waals surface area contributed by atoms with Gasteiger partial charge < -0.3 is 9.26 Å². The molecular weight excluding hydrogens is 190 g/mol. The van der Waals surface area contributed by atoms with E-state index in [-0.39, 0.29) is 0 Å². The lowest BCUT2D eigenvalue weighted by molar-refractivity contribution is 0.292. The number of aryl methyl sites for hydroxylation is 1. The van der Waals surface area contributed by atoms with E-state index >= 15 is 0 Å². The van der Waals surface area contributed by atoms with Crippen molar-refractivity contribution in [3.8, 4) is 17.0 Å². The molecule has 1 heterocycles. The molecule has 2 aromatic rings. The Morgan fingerprint density at radius 3 is 2.67 bits per heavy atom. The van der Waals surface area contributed by atoms with Gasteiger partial charge in [0.05, 0.1) is 12.2 Å². The highest BCUT2D eigenvalue weighted by molar-refractivity contribution is 5.70. The predicted molar refractivity (Wildman–Crippen MR) is 57.8 cm³/mol.